The van der Waals surface area contributed by atoms with Gasteiger partial charge in [-0.05, 0) is 6.92 Å². The van der Waals surface area contributed by atoms with Crippen LogP contribution in [0.25, 0.3) is 0 Å². The molecule has 4 atom stereocenters. The average Bonchev–Trinajstić information content (AvgIpc) is 3.26. The van der Waals surface area contributed by atoms with Gasteiger partial charge in [0.05, 0.1) is 47.5 Å². The standard InChI is InChI=1S/C20H26N2O12/c1-9(23)16(34-10(2)24)14-11(25)8-21-15(18(28)32-5)13(17(27)31-4)20(22(14)21,19(29)33-6)7-12(26)30-3/h9,14,16,23H,7-8H2,1-6H3/t9-,14-,16-,20+/m0/s1. The molecule has 1 saturated heterocycles. The number of methoxy groups -OCH3 is 4. The van der Waals surface area contributed by atoms with E-state index in [1.807, 2.05) is 0 Å². The Labute approximate surface area is 194 Å². The van der Waals surface area contributed by atoms with Crippen LogP contribution in [0, 0.1) is 0 Å². The topological polar surface area (TPSA) is 175 Å². The number of carbonyl (C=O) groups excluding carboxylic acids is 6. The molecule has 34 heavy (non-hydrogen) atoms. The lowest BCUT2D eigenvalue weighted by atomic mass is 9.83. The smallest absolute Gasteiger partial charge is 0.356 e. The number of esters is 5. The minimum atomic E-state index is -2.47. The summed E-state index contributed by atoms with van der Waals surface area (Å²) < 4.78 is 24.3. The quantitative estimate of drug-likeness (QED) is 0.290. The van der Waals surface area contributed by atoms with E-state index in [9.17, 15) is 33.9 Å². The molecule has 0 aromatic carbocycles. The maximum atomic E-state index is 13.3. The SMILES string of the molecule is COC(=O)C[C@]1(C(=O)OC)C(C(=O)OC)=C(C(=O)OC)N2CC(=O)[C@@H]([C@@H](OC(C)=O)[C@H](C)O)N21. The van der Waals surface area contributed by atoms with Crippen molar-refractivity contribution >= 4 is 35.6 Å². The van der Waals surface area contributed by atoms with E-state index in [0.29, 0.717) is 0 Å². The lowest BCUT2D eigenvalue weighted by molar-refractivity contribution is -0.181. The maximum Gasteiger partial charge on any atom is 0.356 e. The molecule has 0 bridgehead atoms. The van der Waals surface area contributed by atoms with Crippen LogP contribution in [-0.4, -0.2) is 110 Å². The van der Waals surface area contributed by atoms with Gasteiger partial charge in [0.1, 0.15) is 11.6 Å². The van der Waals surface area contributed by atoms with Gasteiger partial charge >= 0.3 is 29.8 Å². The third-order valence-electron chi connectivity index (χ3n) is 5.47. The van der Waals surface area contributed by atoms with E-state index in [2.05, 4.69) is 0 Å². The van der Waals surface area contributed by atoms with Crippen molar-refractivity contribution in [2.75, 3.05) is 35.0 Å². The molecule has 188 valence electrons. The van der Waals surface area contributed by atoms with Gasteiger partial charge in [-0.15, -0.1) is 0 Å². The Morgan fingerprint density at radius 3 is 2.06 bits per heavy atom. The van der Waals surface area contributed by atoms with E-state index < -0.39 is 83.7 Å². The lowest BCUT2D eigenvalue weighted by Crippen LogP contribution is -2.64. The highest BCUT2D eigenvalue weighted by molar-refractivity contribution is 6.11. The first kappa shape index (κ1) is 26.7. The molecule has 2 aliphatic heterocycles. The van der Waals surface area contributed by atoms with E-state index in [1.165, 1.54) is 6.92 Å². The van der Waals surface area contributed by atoms with Crippen LogP contribution in [-0.2, 0) is 52.5 Å². The molecule has 0 spiro atoms. The predicted octanol–water partition coefficient (Wildman–Crippen LogP) is -2.14. The normalized spacial score (nSPS) is 23.7. The molecule has 0 aromatic heterocycles. The van der Waals surface area contributed by atoms with Gasteiger partial charge in [0.2, 0.25) is 0 Å². The Kier molecular flexibility index (Phi) is 8.00. The molecule has 0 aliphatic carbocycles. The molecule has 0 radical (unpaired) electrons. The molecular weight excluding hydrogens is 460 g/mol. The van der Waals surface area contributed by atoms with Crippen LogP contribution in [0.15, 0.2) is 11.3 Å². The highest BCUT2D eigenvalue weighted by Gasteiger charge is 2.69. The number of ether oxygens (including phenoxy) is 5. The number of nitrogens with zero attached hydrogens (tertiary/aromatic N) is 2. The summed E-state index contributed by atoms with van der Waals surface area (Å²) in [5, 5.41) is 12.2. The van der Waals surface area contributed by atoms with Gasteiger partial charge in [-0.1, -0.05) is 0 Å². The second kappa shape index (κ2) is 10.2. The predicted molar refractivity (Wildman–Crippen MR) is 107 cm³/mol. The number of rotatable bonds is 8. The highest BCUT2D eigenvalue weighted by Crippen LogP contribution is 2.48. The lowest BCUT2D eigenvalue weighted by Gasteiger charge is -2.41. The van der Waals surface area contributed by atoms with Gasteiger partial charge in [-0.25, -0.2) is 14.4 Å². The fourth-order valence-electron chi connectivity index (χ4n) is 4.17. The van der Waals surface area contributed by atoms with Crippen molar-refractivity contribution in [3.8, 4) is 0 Å². The summed E-state index contributed by atoms with van der Waals surface area (Å²) in [7, 11) is 3.96. The van der Waals surface area contributed by atoms with Crippen molar-refractivity contribution in [3.63, 3.8) is 0 Å². The molecule has 0 amide bonds. The van der Waals surface area contributed by atoms with Crippen LogP contribution >= 0.6 is 0 Å². The largest absolute Gasteiger partial charge is 0.469 e. The zero-order chi connectivity index (χ0) is 26.0. The minimum Gasteiger partial charge on any atom is -0.469 e. The summed E-state index contributed by atoms with van der Waals surface area (Å²) in [4.78, 5) is 76.3. The van der Waals surface area contributed by atoms with E-state index in [1.54, 1.807) is 0 Å². The minimum absolute atomic E-state index is 0.563. The van der Waals surface area contributed by atoms with Crippen molar-refractivity contribution in [2.24, 2.45) is 0 Å². The van der Waals surface area contributed by atoms with Gasteiger partial charge < -0.3 is 28.8 Å². The monoisotopic (exact) mass is 486 g/mol. The Hall–Kier alpha value is -3.52. The zero-order valence-electron chi connectivity index (χ0n) is 19.5. The molecule has 1 N–H and O–H groups in total. The zero-order valence-corrected chi connectivity index (χ0v) is 19.5. The van der Waals surface area contributed by atoms with E-state index >= 15 is 0 Å². The Morgan fingerprint density at radius 2 is 1.62 bits per heavy atom. The number of carbonyl (C=O) groups is 6. The second-order valence-electron chi connectivity index (χ2n) is 7.44. The summed E-state index contributed by atoms with van der Waals surface area (Å²) in [6, 6.07) is -1.62. The van der Waals surface area contributed by atoms with Crippen LogP contribution in [0.5, 0.6) is 0 Å². The summed E-state index contributed by atoms with van der Waals surface area (Å²) in [6.45, 7) is 1.67. The molecule has 2 rings (SSSR count). The van der Waals surface area contributed by atoms with Crippen LogP contribution in [0.1, 0.15) is 20.3 Å². The Morgan fingerprint density at radius 1 is 1.03 bits per heavy atom. The van der Waals surface area contributed by atoms with Gasteiger partial charge in [-0.3, -0.25) is 19.4 Å². The molecule has 0 aromatic rings. The van der Waals surface area contributed by atoms with Crippen molar-refractivity contribution in [1.82, 2.24) is 10.0 Å². The number of hydrazine groups is 1. The molecule has 2 heterocycles. The fourth-order valence-corrected chi connectivity index (χ4v) is 4.17. The molecule has 0 saturated carbocycles. The van der Waals surface area contributed by atoms with Crippen molar-refractivity contribution in [1.29, 1.82) is 0 Å². The third kappa shape index (κ3) is 4.21. The van der Waals surface area contributed by atoms with Crippen LogP contribution < -0.4 is 0 Å². The molecular formula is C20H26N2O12. The van der Waals surface area contributed by atoms with Crippen LogP contribution in [0.3, 0.4) is 0 Å². The summed E-state index contributed by atoms with van der Waals surface area (Å²) in [6.07, 6.45) is -3.92. The number of hydrogen-bond donors (Lipinski definition) is 1. The number of Topliss-reactive ketones (excluding diaryl/α,β-unsaturated/α-hetero) is 1. The van der Waals surface area contributed by atoms with Crippen LogP contribution in [0.4, 0.5) is 0 Å². The van der Waals surface area contributed by atoms with Gasteiger partial charge in [0, 0.05) is 6.92 Å². The molecule has 0 unspecified atom stereocenters. The average molecular weight is 486 g/mol. The molecule has 2 aliphatic rings. The van der Waals surface area contributed by atoms with Gasteiger partial charge in [0.15, 0.2) is 23.1 Å². The highest BCUT2D eigenvalue weighted by atomic mass is 16.6. The summed E-state index contributed by atoms with van der Waals surface area (Å²) in [5.74, 6) is -6.13. The van der Waals surface area contributed by atoms with Gasteiger partial charge in [0.25, 0.3) is 0 Å². The summed E-state index contributed by atoms with van der Waals surface area (Å²) in [5.41, 5.74) is -3.68. The van der Waals surface area contributed by atoms with Crippen molar-refractivity contribution in [2.45, 2.75) is 44.1 Å². The van der Waals surface area contributed by atoms with E-state index in [4.69, 9.17) is 23.7 Å². The van der Waals surface area contributed by atoms with E-state index in [-0.39, 0.29) is 0 Å². The Bertz CT molecular complexity index is 942. The number of aliphatic hydroxyl groups is 1. The number of aliphatic hydroxyl groups excluding tert-OH is 1. The first-order chi connectivity index (χ1) is 15.9. The molecule has 14 heteroatoms. The number of hydrogen-bond acceptors (Lipinski definition) is 14. The van der Waals surface area contributed by atoms with Crippen molar-refractivity contribution in [3.05, 3.63) is 11.3 Å². The fraction of sp³-hybridized carbons (Fsp3) is 0.600. The van der Waals surface area contributed by atoms with Gasteiger partial charge in [-0.2, -0.15) is 5.01 Å². The maximum absolute atomic E-state index is 13.3. The van der Waals surface area contributed by atoms with Crippen molar-refractivity contribution < 1.29 is 57.6 Å². The third-order valence-corrected chi connectivity index (χ3v) is 5.47. The summed E-state index contributed by atoms with van der Waals surface area (Å²) >= 11 is 0. The molecule has 14 nitrogen and oxygen atoms in total. The Balaban J connectivity index is 2.96. The second-order valence-corrected chi connectivity index (χ2v) is 7.44. The molecule has 1 fully saturated rings. The number of fused-ring (bicyclic) bond motifs is 1. The van der Waals surface area contributed by atoms with Crippen LogP contribution in [0.2, 0.25) is 0 Å². The van der Waals surface area contributed by atoms with E-state index in [0.717, 1.165) is 45.4 Å². The first-order valence-corrected chi connectivity index (χ1v) is 9.94. The first-order valence-electron chi connectivity index (χ1n) is 9.94. The number of ketones is 1.